The summed E-state index contributed by atoms with van der Waals surface area (Å²) in [5, 5.41) is 14.6. The first-order valence-electron chi connectivity index (χ1n) is 7.79. The van der Waals surface area contributed by atoms with Crippen LogP contribution in [0, 0.1) is 16.0 Å². The largest absolute Gasteiger partial charge is 0.487 e. The smallest absolute Gasteiger partial charge is 0.310 e. The second-order valence-electron chi connectivity index (χ2n) is 5.59. The van der Waals surface area contributed by atoms with Gasteiger partial charge in [0.05, 0.1) is 11.5 Å². The number of ether oxygens (including phenoxy) is 1. The van der Waals surface area contributed by atoms with Crippen molar-refractivity contribution >= 4 is 5.69 Å². The van der Waals surface area contributed by atoms with Crippen molar-refractivity contribution in [3.8, 4) is 5.75 Å². The minimum absolute atomic E-state index is 0.0464. The summed E-state index contributed by atoms with van der Waals surface area (Å²) >= 11 is 0. The first kappa shape index (κ1) is 15.8. The molecule has 0 bridgehead atoms. The number of hydrogen-bond acceptors (Lipinski definition) is 4. The van der Waals surface area contributed by atoms with Gasteiger partial charge in [0.1, 0.15) is 0 Å². The van der Waals surface area contributed by atoms with Gasteiger partial charge in [-0.1, -0.05) is 13.0 Å². The van der Waals surface area contributed by atoms with E-state index in [1.54, 1.807) is 6.07 Å². The van der Waals surface area contributed by atoms with E-state index >= 15 is 0 Å². The fourth-order valence-corrected chi connectivity index (χ4v) is 2.60. The Kier molecular flexibility index (Phi) is 5.56. The molecule has 2 rings (SSSR count). The quantitative estimate of drug-likeness (QED) is 0.560. The third-order valence-corrected chi connectivity index (χ3v) is 3.82. The van der Waals surface area contributed by atoms with Crippen LogP contribution >= 0.6 is 0 Å². The molecule has 1 aromatic carbocycles. The maximum Gasteiger partial charge on any atom is 0.310 e. The van der Waals surface area contributed by atoms with Gasteiger partial charge < -0.3 is 10.1 Å². The standard InChI is InChI=1S/C16H24N2O3/c1-3-9-17-14(13-6-7-13)10-12-5-8-15(18(19)20)16(11-12)21-4-2/h5,8,11,13-14,17H,3-4,6-7,9-10H2,1-2H3. The molecular weight excluding hydrogens is 268 g/mol. The third-order valence-electron chi connectivity index (χ3n) is 3.82. The molecule has 5 nitrogen and oxygen atoms in total. The minimum atomic E-state index is -0.386. The first-order valence-corrected chi connectivity index (χ1v) is 7.79. The molecule has 0 heterocycles. The van der Waals surface area contributed by atoms with Gasteiger partial charge >= 0.3 is 5.69 Å². The van der Waals surface area contributed by atoms with Gasteiger partial charge in [0.2, 0.25) is 0 Å². The van der Waals surface area contributed by atoms with E-state index in [4.69, 9.17) is 4.74 Å². The minimum Gasteiger partial charge on any atom is -0.487 e. The summed E-state index contributed by atoms with van der Waals surface area (Å²) < 4.78 is 5.42. The predicted molar refractivity (Wildman–Crippen MR) is 82.8 cm³/mol. The van der Waals surface area contributed by atoms with E-state index in [1.165, 1.54) is 12.8 Å². The van der Waals surface area contributed by atoms with Crippen LogP contribution in [-0.2, 0) is 6.42 Å². The summed E-state index contributed by atoms with van der Waals surface area (Å²) in [5.41, 5.74) is 1.15. The fraction of sp³-hybridized carbons (Fsp3) is 0.625. The van der Waals surface area contributed by atoms with E-state index in [0.29, 0.717) is 18.4 Å². The highest BCUT2D eigenvalue weighted by atomic mass is 16.6. The Morgan fingerprint density at radius 3 is 2.76 bits per heavy atom. The van der Waals surface area contributed by atoms with Gasteiger partial charge in [-0.25, -0.2) is 0 Å². The van der Waals surface area contributed by atoms with Gasteiger partial charge in [-0.3, -0.25) is 10.1 Å². The van der Waals surface area contributed by atoms with Crippen molar-refractivity contribution in [1.29, 1.82) is 0 Å². The molecule has 1 aromatic rings. The number of nitro benzene ring substituents is 1. The molecule has 1 aliphatic carbocycles. The lowest BCUT2D eigenvalue weighted by Gasteiger charge is -2.18. The van der Waals surface area contributed by atoms with Gasteiger partial charge in [0.15, 0.2) is 5.75 Å². The van der Waals surface area contributed by atoms with Gasteiger partial charge in [-0.05, 0) is 56.7 Å². The molecule has 1 saturated carbocycles. The molecule has 5 heteroatoms. The van der Waals surface area contributed by atoms with Crippen LogP contribution < -0.4 is 10.1 Å². The summed E-state index contributed by atoms with van der Waals surface area (Å²) in [7, 11) is 0. The molecule has 0 spiro atoms. The third kappa shape index (κ3) is 4.43. The molecule has 0 radical (unpaired) electrons. The topological polar surface area (TPSA) is 64.4 Å². The van der Waals surface area contributed by atoms with Crippen molar-refractivity contribution in [3.63, 3.8) is 0 Å². The highest BCUT2D eigenvalue weighted by Crippen LogP contribution is 2.35. The van der Waals surface area contributed by atoms with Gasteiger partial charge in [-0.15, -0.1) is 0 Å². The molecule has 0 amide bonds. The van der Waals surface area contributed by atoms with E-state index in [9.17, 15) is 10.1 Å². The predicted octanol–water partition coefficient (Wildman–Crippen LogP) is 3.31. The Morgan fingerprint density at radius 2 is 2.19 bits per heavy atom. The van der Waals surface area contributed by atoms with E-state index in [2.05, 4.69) is 12.2 Å². The molecule has 0 saturated heterocycles. The Labute approximate surface area is 125 Å². The van der Waals surface area contributed by atoms with Crippen molar-refractivity contribution in [2.24, 2.45) is 5.92 Å². The number of nitro groups is 1. The number of nitrogens with zero attached hydrogens (tertiary/aromatic N) is 1. The maximum atomic E-state index is 11.0. The lowest BCUT2D eigenvalue weighted by molar-refractivity contribution is -0.385. The average molecular weight is 292 g/mol. The molecule has 0 aliphatic heterocycles. The van der Waals surface area contributed by atoms with Gasteiger partial charge in [0.25, 0.3) is 0 Å². The van der Waals surface area contributed by atoms with E-state index in [-0.39, 0.29) is 10.6 Å². The van der Waals surface area contributed by atoms with E-state index in [0.717, 1.165) is 30.9 Å². The summed E-state index contributed by atoms with van der Waals surface area (Å²) in [4.78, 5) is 10.6. The highest BCUT2D eigenvalue weighted by Gasteiger charge is 2.31. The van der Waals surface area contributed by atoms with Gasteiger partial charge in [-0.2, -0.15) is 0 Å². The molecule has 116 valence electrons. The van der Waals surface area contributed by atoms with Crippen LogP contribution in [0.4, 0.5) is 5.69 Å². The van der Waals surface area contributed by atoms with Gasteiger partial charge in [0, 0.05) is 12.1 Å². The Morgan fingerprint density at radius 1 is 1.43 bits per heavy atom. The zero-order valence-corrected chi connectivity index (χ0v) is 12.8. The molecule has 0 aromatic heterocycles. The average Bonchev–Trinajstić information content (AvgIpc) is 3.28. The maximum absolute atomic E-state index is 11.0. The summed E-state index contributed by atoms with van der Waals surface area (Å²) in [5.74, 6) is 1.13. The van der Waals surface area contributed by atoms with Crippen molar-refractivity contribution in [3.05, 3.63) is 33.9 Å². The molecular formula is C16H24N2O3. The normalized spacial score (nSPS) is 15.7. The Balaban J connectivity index is 2.11. The molecule has 1 unspecified atom stereocenters. The lowest BCUT2D eigenvalue weighted by Crippen LogP contribution is -2.33. The summed E-state index contributed by atoms with van der Waals surface area (Å²) in [6.07, 6.45) is 4.59. The van der Waals surface area contributed by atoms with Crippen LogP contribution in [0.2, 0.25) is 0 Å². The number of benzene rings is 1. The zero-order chi connectivity index (χ0) is 15.2. The van der Waals surface area contributed by atoms with Crippen LogP contribution in [-0.4, -0.2) is 24.1 Å². The molecule has 1 N–H and O–H groups in total. The lowest BCUT2D eigenvalue weighted by atomic mass is 10.0. The molecule has 1 fully saturated rings. The van der Waals surface area contributed by atoms with E-state index in [1.807, 2.05) is 19.1 Å². The molecule has 1 atom stereocenters. The number of rotatable bonds is 9. The van der Waals surface area contributed by atoms with Crippen LogP contribution in [0.25, 0.3) is 0 Å². The van der Waals surface area contributed by atoms with E-state index < -0.39 is 0 Å². The molecule has 1 aliphatic rings. The van der Waals surface area contributed by atoms with Crippen molar-refractivity contribution in [1.82, 2.24) is 5.32 Å². The number of hydrogen-bond donors (Lipinski definition) is 1. The van der Waals surface area contributed by atoms with Crippen LogP contribution in [0.15, 0.2) is 18.2 Å². The Bertz CT molecular complexity index is 486. The highest BCUT2D eigenvalue weighted by molar-refractivity contribution is 5.48. The SMILES string of the molecule is CCCNC(Cc1ccc([N+](=O)[O-])c(OCC)c1)C1CC1. The van der Waals surface area contributed by atoms with Crippen molar-refractivity contribution in [2.45, 2.75) is 45.6 Å². The summed E-state index contributed by atoms with van der Waals surface area (Å²) in [6.45, 7) is 5.46. The van der Waals surface area contributed by atoms with Crippen LogP contribution in [0.1, 0.15) is 38.7 Å². The zero-order valence-electron chi connectivity index (χ0n) is 12.8. The summed E-state index contributed by atoms with van der Waals surface area (Å²) in [6, 6.07) is 5.71. The molecule has 21 heavy (non-hydrogen) atoms. The second-order valence-corrected chi connectivity index (χ2v) is 5.59. The van der Waals surface area contributed by atoms with Crippen molar-refractivity contribution < 1.29 is 9.66 Å². The fourth-order valence-electron chi connectivity index (χ4n) is 2.60. The second kappa shape index (κ2) is 7.41. The van der Waals surface area contributed by atoms with Crippen LogP contribution in [0.3, 0.4) is 0 Å². The number of nitrogens with one attached hydrogen (secondary N) is 1. The van der Waals surface area contributed by atoms with Crippen molar-refractivity contribution in [2.75, 3.05) is 13.2 Å². The Hall–Kier alpha value is -1.62. The van der Waals surface area contributed by atoms with Crippen LogP contribution in [0.5, 0.6) is 5.75 Å². The first-order chi connectivity index (χ1) is 10.2. The monoisotopic (exact) mass is 292 g/mol.